The fourth-order valence-electron chi connectivity index (χ4n) is 3.28. The lowest BCUT2D eigenvalue weighted by Crippen LogP contribution is -2.35. The van der Waals surface area contributed by atoms with Crippen molar-refractivity contribution >= 4 is 29.3 Å². The van der Waals surface area contributed by atoms with Crippen LogP contribution in [0.3, 0.4) is 0 Å². The fourth-order valence-corrected chi connectivity index (χ4v) is 3.40. The first kappa shape index (κ1) is 19.8. The molecule has 148 valence electrons. The lowest BCUT2D eigenvalue weighted by atomic mass is 10.0. The molecule has 0 radical (unpaired) electrons. The monoisotopic (exact) mass is 405 g/mol. The van der Waals surface area contributed by atoms with E-state index in [9.17, 15) is 14.4 Å². The number of carbonyl (C=O) groups is 3. The fraction of sp³-hybridized carbons (Fsp3) is 0.389. The SMILES string of the molecule is CC(=O)N[C@H](CC(=O)N1CCC[C@@H]1c1nc(C(N)=O)no1)c1ccc(Cl)cc1. The quantitative estimate of drug-likeness (QED) is 0.752. The Kier molecular flexibility index (Phi) is 5.93. The number of nitrogens with two attached hydrogens (primary N) is 1. The van der Waals surface area contributed by atoms with E-state index in [-0.39, 0.29) is 30.0 Å². The molecule has 1 aliphatic heterocycles. The summed E-state index contributed by atoms with van der Waals surface area (Å²) in [6, 6.07) is 6.05. The molecule has 0 bridgehead atoms. The summed E-state index contributed by atoms with van der Waals surface area (Å²) < 4.78 is 5.12. The van der Waals surface area contributed by atoms with Crippen LogP contribution >= 0.6 is 11.6 Å². The predicted octanol–water partition coefficient (Wildman–Crippen LogP) is 1.75. The van der Waals surface area contributed by atoms with Crippen molar-refractivity contribution in [2.24, 2.45) is 5.73 Å². The molecular formula is C18H20ClN5O4. The summed E-state index contributed by atoms with van der Waals surface area (Å²) >= 11 is 5.92. The molecule has 2 aromatic rings. The van der Waals surface area contributed by atoms with Crippen LogP contribution in [0.1, 0.15) is 60.3 Å². The molecule has 1 aromatic carbocycles. The van der Waals surface area contributed by atoms with Gasteiger partial charge >= 0.3 is 0 Å². The first-order valence-corrected chi connectivity index (χ1v) is 9.18. The number of rotatable bonds is 6. The minimum Gasteiger partial charge on any atom is -0.363 e. The summed E-state index contributed by atoms with van der Waals surface area (Å²) in [5, 5.41) is 6.91. The Morgan fingerprint density at radius 2 is 2.07 bits per heavy atom. The van der Waals surface area contributed by atoms with Crippen LogP contribution in [-0.2, 0) is 9.59 Å². The lowest BCUT2D eigenvalue weighted by molar-refractivity contribution is -0.133. The van der Waals surface area contributed by atoms with Crippen molar-refractivity contribution in [1.29, 1.82) is 0 Å². The number of amides is 3. The second-order valence-electron chi connectivity index (χ2n) is 6.57. The summed E-state index contributed by atoms with van der Waals surface area (Å²) in [7, 11) is 0. The number of hydrogen-bond donors (Lipinski definition) is 2. The molecule has 3 N–H and O–H groups in total. The van der Waals surface area contributed by atoms with Crippen molar-refractivity contribution in [2.75, 3.05) is 6.54 Å². The van der Waals surface area contributed by atoms with Gasteiger partial charge < -0.3 is 20.5 Å². The van der Waals surface area contributed by atoms with Crippen LogP contribution in [0.5, 0.6) is 0 Å². The topological polar surface area (TPSA) is 131 Å². The summed E-state index contributed by atoms with van der Waals surface area (Å²) in [4.78, 5) is 41.4. The molecule has 1 aliphatic rings. The summed E-state index contributed by atoms with van der Waals surface area (Å²) in [6.45, 7) is 1.92. The third kappa shape index (κ3) is 4.48. The maximum Gasteiger partial charge on any atom is 0.290 e. The molecule has 10 heteroatoms. The second kappa shape index (κ2) is 8.39. The summed E-state index contributed by atoms with van der Waals surface area (Å²) in [6.07, 6.45) is 1.46. The van der Waals surface area contributed by atoms with Gasteiger partial charge in [0.15, 0.2) is 0 Å². The number of aromatic nitrogens is 2. The van der Waals surface area contributed by atoms with Gasteiger partial charge in [-0.05, 0) is 30.5 Å². The Bertz CT molecular complexity index is 882. The molecule has 3 rings (SSSR count). The highest BCUT2D eigenvalue weighted by molar-refractivity contribution is 6.30. The summed E-state index contributed by atoms with van der Waals surface area (Å²) in [5.41, 5.74) is 5.93. The number of hydrogen-bond acceptors (Lipinski definition) is 6. The Balaban J connectivity index is 1.76. The Labute approximate surface area is 166 Å². The van der Waals surface area contributed by atoms with Gasteiger partial charge in [0.1, 0.15) is 6.04 Å². The smallest absolute Gasteiger partial charge is 0.290 e. The van der Waals surface area contributed by atoms with Crippen molar-refractivity contribution in [1.82, 2.24) is 20.4 Å². The van der Waals surface area contributed by atoms with E-state index >= 15 is 0 Å². The first-order chi connectivity index (χ1) is 13.3. The normalized spacial score (nSPS) is 17.4. The van der Waals surface area contributed by atoms with Gasteiger partial charge in [0, 0.05) is 18.5 Å². The average molecular weight is 406 g/mol. The maximum absolute atomic E-state index is 13.0. The van der Waals surface area contributed by atoms with Gasteiger partial charge in [0.05, 0.1) is 12.5 Å². The Morgan fingerprint density at radius 3 is 2.68 bits per heavy atom. The van der Waals surface area contributed by atoms with E-state index in [1.807, 2.05) is 0 Å². The van der Waals surface area contributed by atoms with Crippen molar-refractivity contribution in [3.8, 4) is 0 Å². The standard InChI is InChI=1S/C18H20ClN5O4/c1-10(25)21-13(11-4-6-12(19)7-5-11)9-15(26)24-8-2-3-14(24)18-22-17(16(20)27)23-28-18/h4-7,13-14H,2-3,8-9H2,1H3,(H2,20,27)(H,21,25)/t13-,14-/m1/s1. The van der Waals surface area contributed by atoms with E-state index < -0.39 is 18.0 Å². The van der Waals surface area contributed by atoms with Crippen LogP contribution in [-0.4, -0.2) is 39.3 Å². The largest absolute Gasteiger partial charge is 0.363 e. The minimum atomic E-state index is -0.792. The zero-order chi connectivity index (χ0) is 20.3. The molecule has 0 spiro atoms. The molecule has 1 saturated heterocycles. The van der Waals surface area contributed by atoms with Crippen molar-refractivity contribution in [2.45, 2.75) is 38.3 Å². The molecule has 2 atom stereocenters. The minimum absolute atomic E-state index is 0.0640. The van der Waals surface area contributed by atoms with E-state index in [0.29, 0.717) is 18.0 Å². The van der Waals surface area contributed by atoms with Crippen LogP contribution in [0, 0.1) is 0 Å². The molecule has 0 saturated carbocycles. The number of nitrogens with one attached hydrogen (secondary N) is 1. The molecule has 28 heavy (non-hydrogen) atoms. The number of likely N-dealkylation sites (tertiary alicyclic amines) is 1. The number of primary amides is 1. The number of carbonyl (C=O) groups excluding carboxylic acids is 3. The van der Waals surface area contributed by atoms with E-state index in [2.05, 4.69) is 15.5 Å². The van der Waals surface area contributed by atoms with Crippen LogP contribution in [0.2, 0.25) is 5.02 Å². The van der Waals surface area contributed by atoms with Gasteiger partial charge in [-0.2, -0.15) is 4.98 Å². The van der Waals surface area contributed by atoms with E-state index in [0.717, 1.165) is 12.0 Å². The van der Waals surface area contributed by atoms with Crippen LogP contribution in [0.25, 0.3) is 0 Å². The van der Waals surface area contributed by atoms with Gasteiger partial charge in [-0.15, -0.1) is 0 Å². The first-order valence-electron chi connectivity index (χ1n) is 8.80. The highest BCUT2D eigenvalue weighted by atomic mass is 35.5. The van der Waals surface area contributed by atoms with Crippen LogP contribution < -0.4 is 11.1 Å². The molecule has 1 aromatic heterocycles. The third-order valence-corrected chi connectivity index (χ3v) is 4.80. The van der Waals surface area contributed by atoms with E-state index in [4.69, 9.17) is 21.9 Å². The van der Waals surface area contributed by atoms with Gasteiger partial charge in [-0.1, -0.05) is 28.9 Å². The van der Waals surface area contributed by atoms with Crippen LogP contribution in [0.4, 0.5) is 0 Å². The highest BCUT2D eigenvalue weighted by Crippen LogP contribution is 2.32. The van der Waals surface area contributed by atoms with E-state index in [1.54, 1.807) is 29.2 Å². The van der Waals surface area contributed by atoms with Gasteiger partial charge in [-0.3, -0.25) is 14.4 Å². The zero-order valence-corrected chi connectivity index (χ0v) is 16.0. The molecule has 1 fully saturated rings. The van der Waals surface area contributed by atoms with Crippen molar-refractivity contribution < 1.29 is 18.9 Å². The van der Waals surface area contributed by atoms with E-state index in [1.165, 1.54) is 6.92 Å². The zero-order valence-electron chi connectivity index (χ0n) is 15.2. The van der Waals surface area contributed by atoms with Crippen molar-refractivity contribution in [3.63, 3.8) is 0 Å². The average Bonchev–Trinajstić information content (AvgIpc) is 3.30. The Morgan fingerprint density at radius 1 is 1.36 bits per heavy atom. The van der Waals surface area contributed by atoms with Gasteiger partial charge in [0.25, 0.3) is 11.7 Å². The Hall–Kier alpha value is -2.94. The van der Waals surface area contributed by atoms with Gasteiger partial charge in [-0.25, -0.2) is 0 Å². The molecule has 9 nitrogen and oxygen atoms in total. The summed E-state index contributed by atoms with van der Waals surface area (Å²) in [5.74, 6) is -1.24. The van der Waals surface area contributed by atoms with Crippen LogP contribution in [0.15, 0.2) is 28.8 Å². The van der Waals surface area contributed by atoms with Gasteiger partial charge in [0.2, 0.25) is 17.7 Å². The number of nitrogens with zero attached hydrogens (tertiary/aromatic N) is 3. The maximum atomic E-state index is 13.0. The number of halogens is 1. The number of benzene rings is 1. The third-order valence-electron chi connectivity index (χ3n) is 4.55. The molecule has 3 amide bonds. The molecule has 2 heterocycles. The lowest BCUT2D eigenvalue weighted by Gasteiger charge is -2.25. The molecule has 0 unspecified atom stereocenters. The predicted molar refractivity (Wildman–Crippen MR) is 99.1 cm³/mol. The molecular weight excluding hydrogens is 386 g/mol. The van der Waals surface area contributed by atoms with Crippen molar-refractivity contribution in [3.05, 3.63) is 46.6 Å². The highest BCUT2D eigenvalue weighted by Gasteiger charge is 2.35. The second-order valence-corrected chi connectivity index (χ2v) is 7.01. The molecule has 0 aliphatic carbocycles.